The Hall–Kier alpha value is -1.67. The monoisotopic (exact) mass is 380 g/mol. The van der Waals surface area contributed by atoms with E-state index in [4.69, 9.17) is 4.42 Å². The van der Waals surface area contributed by atoms with E-state index in [0.29, 0.717) is 29.5 Å². The maximum atomic E-state index is 12.4. The normalized spacial score (nSPS) is 19.2. The molecule has 1 saturated heterocycles. The van der Waals surface area contributed by atoms with Gasteiger partial charge in [0.2, 0.25) is 5.89 Å². The molecule has 0 bridgehead atoms. The van der Waals surface area contributed by atoms with Crippen LogP contribution >= 0.6 is 11.8 Å². The van der Waals surface area contributed by atoms with Gasteiger partial charge in [-0.05, 0) is 37.8 Å². The molecule has 0 saturated carbocycles. The predicted molar refractivity (Wildman–Crippen MR) is 95.7 cm³/mol. The van der Waals surface area contributed by atoms with Crippen LogP contribution in [0.4, 0.5) is 0 Å². The molecule has 0 N–H and O–H groups in total. The van der Waals surface area contributed by atoms with E-state index in [2.05, 4.69) is 10.2 Å². The van der Waals surface area contributed by atoms with Crippen molar-refractivity contribution >= 4 is 27.4 Å². The first-order valence-corrected chi connectivity index (χ1v) is 10.9. The zero-order valence-corrected chi connectivity index (χ0v) is 15.8. The number of nitrogens with zero attached hydrogens (tertiary/aromatic N) is 2. The Morgan fingerprint density at radius 3 is 2.84 bits per heavy atom. The van der Waals surface area contributed by atoms with E-state index in [-0.39, 0.29) is 29.0 Å². The summed E-state index contributed by atoms with van der Waals surface area (Å²) in [6.45, 7) is 3.87. The van der Waals surface area contributed by atoms with Crippen LogP contribution in [-0.4, -0.2) is 41.7 Å². The van der Waals surface area contributed by atoms with Gasteiger partial charge in [-0.15, -0.1) is 10.2 Å². The average Bonchev–Trinajstić information content (AvgIpc) is 3.13. The molecule has 2 aromatic rings. The number of carbonyl (C=O) groups excluding carboxylic acids is 1. The van der Waals surface area contributed by atoms with Gasteiger partial charge in [0, 0.05) is 12.0 Å². The number of carbonyl (C=O) groups is 1. The van der Waals surface area contributed by atoms with Gasteiger partial charge < -0.3 is 4.42 Å². The standard InChI is InChI=1S/C17H20N2O4S2/c1-11-3-4-12(2)14(7-11)15(20)9-24-17-19-18-16(23-17)8-13-5-6-25(21,22)10-13/h3-4,7,13H,5-6,8-10H2,1-2H3/t13-/m0/s1. The van der Waals surface area contributed by atoms with Gasteiger partial charge in [0.1, 0.15) is 0 Å². The fourth-order valence-corrected chi connectivity index (χ4v) is 5.43. The Morgan fingerprint density at radius 1 is 1.32 bits per heavy atom. The van der Waals surface area contributed by atoms with Crippen molar-refractivity contribution in [2.24, 2.45) is 5.92 Å². The van der Waals surface area contributed by atoms with E-state index in [0.717, 1.165) is 11.1 Å². The Bertz CT molecular complexity index is 890. The van der Waals surface area contributed by atoms with Crippen LogP contribution in [0.1, 0.15) is 33.8 Å². The van der Waals surface area contributed by atoms with Gasteiger partial charge in [0.25, 0.3) is 5.22 Å². The summed E-state index contributed by atoms with van der Waals surface area (Å²) in [5.74, 6) is 1.14. The van der Waals surface area contributed by atoms with Gasteiger partial charge in [0.05, 0.1) is 17.3 Å². The van der Waals surface area contributed by atoms with Crippen LogP contribution in [-0.2, 0) is 16.3 Å². The second-order valence-corrected chi connectivity index (χ2v) is 9.62. The zero-order valence-electron chi connectivity index (χ0n) is 14.2. The second-order valence-electron chi connectivity index (χ2n) is 6.47. The van der Waals surface area contributed by atoms with Crippen molar-refractivity contribution in [3.05, 3.63) is 40.8 Å². The molecule has 0 amide bonds. The molecule has 0 aliphatic carbocycles. The molecule has 1 aliphatic heterocycles. The molecule has 0 radical (unpaired) electrons. The van der Waals surface area contributed by atoms with Crippen LogP contribution in [0.25, 0.3) is 0 Å². The number of rotatable bonds is 6. The Kier molecular flexibility index (Phi) is 5.29. The van der Waals surface area contributed by atoms with Gasteiger partial charge in [-0.1, -0.05) is 29.5 Å². The molecule has 1 fully saturated rings. The molecule has 1 atom stereocenters. The van der Waals surface area contributed by atoms with E-state index in [1.165, 1.54) is 11.8 Å². The molecule has 0 spiro atoms. The van der Waals surface area contributed by atoms with E-state index in [1.54, 1.807) is 0 Å². The second kappa shape index (κ2) is 7.29. The molecule has 8 heteroatoms. The number of thioether (sulfide) groups is 1. The highest BCUT2D eigenvalue weighted by atomic mass is 32.2. The topological polar surface area (TPSA) is 90.1 Å². The summed E-state index contributed by atoms with van der Waals surface area (Å²) in [5, 5.41) is 8.25. The minimum absolute atomic E-state index is 0.0211. The molecule has 6 nitrogen and oxygen atoms in total. The van der Waals surface area contributed by atoms with Crippen molar-refractivity contribution in [2.45, 2.75) is 31.9 Å². The van der Waals surface area contributed by atoms with Gasteiger partial charge in [-0.2, -0.15) is 0 Å². The number of ketones is 1. The lowest BCUT2D eigenvalue weighted by Gasteiger charge is -2.05. The third-order valence-electron chi connectivity index (χ3n) is 4.26. The molecule has 0 unspecified atom stereocenters. The first kappa shape index (κ1) is 18.1. The molecular formula is C17H20N2O4S2. The average molecular weight is 380 g/mol. The van der Waals surface area contributed by atoms with Gasteiger partial charge in [0.15, 0.2) is 15.6 Å². The summed E-state index contributed by atoms with van der Waals surface area (Å²) >= 11 is 1.21. The molecule has 25 heavy (non-hydrogen) atoms. The van der Waals surface area contributed by atoms with E-state index < -0.39 is 9.84 Å². The minimum atomic E-state index is -2.91. The lowest BCUT2D eigenvalue weighted by Crippen LogP contribution is -2.07. The van der Waals surface area contributed by atoms with Crippen LogP contribution in [0.2, 0.25) is 0 Å². The molecular weight excluding hydrogens is 360 g/mol. The van der Waals surface area contributed by atoms with Crippen LogP contribution in [0.3, 0.4) is 0 Å². The Labute approximate surface area is 151 Å². The lowest BCUT2D eigenvalue weighted by molar-refractivity contribution is 0.102. The number of hydrogen-bond donors (Lipinski definition) is 0. The largest absolute Gasteiger partial charge is 0.416 e. The molecule has 1 aromatic carbocycles. The third-order valence-corrected chi connectivity index (χ3v) is 6.91. The predicted octanol–water partition coefficient (Wildman–Crippen LogP) is 2.64. The van der Waals surface area contributed by atoms with Crippen molar-refractivity contribution < 1.29 is 17.6 Å². The summed E-state index contributed by atoms with van der Waals surface area (Å²) in [6.07, 6.45) is 1.11. The Balaban J connectivity index is 1.57. The molecule has 134 valence electrons. The summed E-state index contributed by atoms with van der Waals surface area (Å²) < 4.78 is 28.5. The lowest BCUT2D eigenvalue weighted by atomic mass is 10.0. The van der Waals surface area contributed by atoms with Crippen LogP contribution in [0.15, 0.2) is 27.8 Å². The van der Waals surface area contributed by atoms with E-state index in [1.807, 2.05) is 32.0 Å². The van der Waals surface area contributed by atoms with Crippen LogP contribution in [0, 0.1) is 19.8 Å². The number of benzene rings is 1. The van der Waals surface area contributed by atoms with Gasteiger partial charge in [-0.3, -0.25) is 4.79 Å². The van der Waals surface area contributed by atoms with Crippen molar-refractivity contribution in [3.8, 4) is 0 Å². The Morgan fingerprint density at radius 2 is 2.12 bits per heavy atom. The van der Waals surface area contributed by atoms with Gasteiger partial charge >= 0.3 is 0 Å². The van der Waals surface area contributed by atoms with Crippen molar-refractivity contribution in [1.82, 2.24) is 10.2 Å². The summed E-state index contributed by atoms with van der Waals surface area (Å²) in [5.41, 5.74) is 2.71. The number of aromatic nitrogens is 2. The number of Topliss-reactive ketones (excluding diaryl/α,β-unsaturated/α-hetero) is 1. The van der Waals surface area contributed by atoms with E-state index >= 15 is 0 Å². The zero-order chi connectivity index (χ0) is 18.0. The smallest absolute Gasteiger partial charge is 0.277 e. The van der Waals surface area contributed by atoms with E-state index in [9.17, 15) is 13.2 Å². The number of hydrogen-bond acceptors (Lipinski definition) is 7. The van der Waals surface area contributed by atoms with Crippen molar-refractivity contribution in [2.75, 3.05) is 17.3 Å². The highest BCUT2D eigenvalue weighted by Crippen LogP contribution is 2.24. The summed E-state index contributed by atoms with van der Waals surface area (Å²) in [7, 11) is -2.91. The fourth-order valence-electron chi connectivity index (χ4n) is 2.90. The first-order chi connectivity index (χ1) is 11.8. The quantitative estimate of drug-likeness (QED) is 0.562. The number of aryl methyl sites for hydroxylation is 2. The van der Waals surface area contributed by atoms with Crippen molar-refractivity contribution in [1.29, 1.82) is 0 Å². The van der Waals surface area contributed by atoms with Crippen LogP contribution in [0.5, 0.6) is 0 Å². The number of sulfone groups is 1. The molecule has 1 aromatic heterocycles. The molecule has 3 rings (SSSR count). The van der Waals surface area contributed by atoms with Crippen LogP contribution < -0.4 is 0 Å². The first-order valence-electron chi connectivity index (χ1n) is 8.08. The molecule has 2 heterocycles. The summed E-state index contributed by atoms with van der Waals surface area (Å²) in [4.78, 5) is 12.4. The maximum Gasteiger partial charge on any atom is 0.277 e. The fraction of sp³-hybridized carbons (Fsp3) is 0.471. The molecule has 1 aliphatic rings. The third kappa shape index (κ3) is 4.70. The van der Waals surface area contributed by atoms with Crippen molar-refractivity contribution in [3.63, 3.8) is 0 Å². The summed E-state index contributed by atoms with van der Waals surface area (Å²) in [6, 6.07) is 5.80. The van der Waals surface area contributed by atoms with Gasteiger partial charge in [-0.25, -0.2) is 8.42 Å². The minimum Gasteiger partial charge on any atom is -0.416 e. The highest BCUT2D eigenvalue weighted by molar-refractivity contribution is 7.99. The highest BCUT2D eigenvalue weighted by Gasteiger charge is 2.29. The maximum absolute atomic E-state index is 12.4. The SMILES string of the molecule is Cc1ccc(C)c(C(=O)CSc2nnc(C[C@@H]3CCS(=O)(=O)C3)o2)c1.